The predicted octanol–water partition coefficient (Wildman–Crippen LogP) is 3.00. The molecular weight excluding hydrogens is 1750 g/mol. The predicted molar refractivity (Wildman–Crippen MR) is 499 cm³/mol. The summed E-state index contributed by atoms with van der Waals surface area (Å²) in [5, 5.41) is 46.3. The molecule has 133 heavy (non-hydrogen) atoms. The van der Waals surface area contributed by atoms with Crippen LogP contribution in [0.5, 0.6) is 11.5 Å². The lowest BCUT2D eigenvalue weighted by Crippen LogP contribution is -2.62. The van der Waals surface area contributed by atoms with E-state index in [4.69, 9.17) is 10.5 Å². The lowest BCUT2D eigenvalue weighted by molar-refractivity contribution is -0.152. The molecule has 0 spiro atoms. The number of primary amides is 1. The van der Waals surface area contributed by atoms with E-state index in [2.05, 4.69) is 52.8 Å². The zero-order valence-corrected chi connectivity index (χ0v) is 77.4. The molecule has 0 radical (unpaired) electrons. The molecule has 1 aromatic heterocycles. The number of likely N-dealkylation sites (N-methyl/N-ethyl adjacent to an activating group) is 3. The van der Waals surface area contributed by atoms with E-state index in [9.17, 15) is 39.0 Å². The van der Waals surface area contributed by atoms with Gasteiger partial charge in [-0.2, -0.15) is 0 Å². The number of amides is 15. The number of aromatic nitrogens is 1. The molecule has 3 aliphatic heterocycles. The Kier molecular flexibility index (Phi) is 37.7. The average molecular weight is 1870 g/mol. The van der Waals surface area contributed by atoms with E-state index in [1.54, 1.807) is 149 Å². The zero-order chi connectivity index (χ0) is 96.1. The third kappa shape index (κ3) is 28.6. The molecule has 7 aromatic rings. The third-order valence-corrected chi connectivity index (χ3v) is 25.8. The van der Waals surface area contributed by atoms with Crippen LogP contribution in [0.1, 0.15) is 107 Å². The molecule has 0 saturated carbocycles. The highest BCUT2D eigenvalue weighted by molar-refractivity contribution is 8.00. The van der Waals surface area contributed by atoms with Gasteiger partial charge in [-0.1, -0.05) is 181 Å². The van der Waals surface area contributed by atoms with Gasteiger partial charge in [0.15, 0.2) is 0 Å². The molecule has 0 unspecified atom stereocenters. The number of hydrogen-bond donors (Lipinski definition) is 13. The normalized spacial score (nSPS) is 23.5. The van der Waals surface area contributed by atoms with Crippen LogP contribution >= 0.6 is 23.5 Å². The van der Waals surface area contributed by atoms with Crippen LogP contribution in [-0.2, 0) is 120 Å². The number of nitrogens with zero attached hydrogens (tertiary/aromatic N) is 5. The quantitative estimate of drug-likeness (QED) is 0.0387. The van der Waals surface area contributed by atoms with Crippen molar-refractivity contribution < 1.29 is 91.7 Å². The van der Waals surface area contributed by atoms with E-state index < -0.39 is 192 Å². The molecule has 0 aliphatic carbocycles. The summed E-state index contributed by atoms with van der Waals surface area (Å²) in [5.41, 5.74) is 9.31. The van der Waals surface area contributed by atoms with Crippen molar-refractivity contribution in [2.24, 2.45) is 17.6 Å². The molecule has 15 amide bonds. The minimum atomic E-state index is -1.73. The number of unbranched alkanes of at least 4 members (excludes halogenated alkanes) is 1. The molecule has 710 valence electrons. The number of para-hydroxylation sites is 1. The number of hydrogen-bond acceptors (Lipinski definition) is 21. The molecule has 4 heterocycles. The zero-order valence-electron chi connectivity index (χ0n) is 75.8. The molecule has 10 rings (SSSR count). The summed E-state index contributed by atoms with van der Waals surface area (Å²) in [7, 11) is 4.15. The fraction of sp³-hybridized carbons (Fsp3) is 0.438. The maximum atomic E-state index is 15.8. The number of rotatable bonds is 24. The lowest BCUT2D eigenvalue weighted by Gasteiger charge is -2.37. The summed E-state index contributed by atoms with van der Waals surface area (Å²) in [4.78, 5) is 248. The molecule has 0 bridgehead atoms. The highest BCUT2D eigenvalue weighted by Crippen LogP contribution is 2.29. The maximum Gasteiger partial charge on any atom is 0.293 e. The van der Waals surface area contributed by atoms with Crippen molar-refractivity contribution in [3.05, 3.63) is 203 Å². The number of H-pyrrole nitrogens is 1. The van der Waals surface area contributed by atoms with Gasteiger partial charge in [0.2, 0.25) is 88.6 Å². The number of ether oxygens (including phenoxy) is 1. The number of benzene rings is 6. The Balaban J connectivity index is 1.05. The van der Waals surface area contributed by atoms with Crippen LogP contribution in [0, 0.1) is 11.8 Å². The number of aromatic hydroxyl groups is 2. The van der Waals surface area contributed by atoms with Crippen LogP contribution in [0.3, 0.4) is 0 Å². The topological polar surface area (TPSA) is 489 Å². The number of carbonyl (C=O) groups excluding carboxylic acids is 16. The van der Waals surface area contributed by atoms with Crippen molar-refractivity contribution in [3.63, 3.8) is 0 Å². The van der Waals surface area contributed by atoms with Crippen molar-refractivity contribution >= 4 is 130 Å². The van der Waals surface area contributed by atoms with E-state index in [1.165, 1.54) is 101 Å². The van der Waals surface area contributed by atoms with Crippen molar-refractivity contribution in [2.45, 2.75) is 190 Å². The number of phenols is 2. The van der Waals surface area contributed by atoms with Crippen molar-refractivity contribution in [1.82, 2.24) is 77.3 Å². The number of carbonyl (C=O) groups is 16. The SMILES string of the molecule is CCCC[C@H]1C(=O)N2CSC[C@@H]2C(=O)N[C@@H](COC=O)C(=O)N[C@@H](C(C)C)C(=O)N(C)[C@@H](Cc2ccccc2)C(=O)N[C@@H](Cc2ccc(O)cc2)C(=O)N2CCC[C@@H]2C(=O)N[C@@H](Cc2c[nH]c3ccccc23)C(=O)N[C@@H](Cc2ccc(O)cc2)C(=O)N[C@@H](CC(C)C)C(=O)N[C@H](C(=O)NCC(N)=O)CSCC(=O)N[C@@H](Cc2ccccc2)C(=O)N(C)[C@@H](Cc2ccccc2)C(=O)N1C. The second-order valence-electron chi connectivity index (χ2n) is 34.4. The van der Waals surface area contributed by atoms with E-state index in [1.807, 2.05) is 6.92 Å². The number of fused-ring (bicyclic) bond motifs is 3. The number of phenolic OH excluding ortho intramolecular Hbond substituents is 2. The van der Waals surface area contributed by atoms with Crippen molar-refractivity contribution in [2.75, 3.05) is 64.0 Å². The molecule has 35 nitrogen and oxygen atoms in total. The molecule has 6 aromatic carbocycles. The Bertz CT molecular complexity index is 5230. The molecule has 3 fully saturated rings. The van der Waals surface area contributed by atoms with Gasteiger partial charge in [0.05, 0.1) is 18.2 Å². The van der Waals surface area contributed by atoms with Gasteiger partial charge in [-0.15, -0.1) is 23.5 Å². The van der Waals surface area contributed by atoms with E-state index in [0.29, 0.717) is 57.1 Å². The third-order valence-electron chi connectivity index (χ3n) is 23.8. The number of nitrogens with one attached hydrogen (secondary N) is 10. The van der Waals surface area contributed by atoms with E-state index in [0.717, 1.165) is 16.7 Å². The van der Waals surface area contributed by atoms with Crippen LogP contribution in [0.25, 0.3) is 10.9 Å². The van der Waals surface area contributed by atoms with Crippen molar-refractivity contribution in [3.8, 4) is 11.5 Å². The van der Waals surface area contributed by atoms with Crippen molar-refractivity contribution in [1.29, 1.82) is 0 Å². The van der Waals surface area contributed by atoms with Gasteiger partial charge in [-0.25, -0.2) is 0 Å². The monoisotopic (exact) mass is 1860 g/mol. The first-order valence-corrected chi connectivity index (χ1v) is 46.8. The van der Waals surface area contributed by atoms with Gasteiger partial charge in [0.1, 0.15) is 96.6 Å². The van der Waals surface area contributed by atoms with Crippen LogP contribution in [0.2, 0.25) is 0 Å². The van der Waals surface area contributed by atoms with Gasteiger partial charge in [0.25, 0.3) is 6.47 Å². The fourth-order valence-corrected chi connectivity index (χ4v) is 18.4. The van der Waals surface area contributed by atoms with Gasteiger partial charge in [0, 0.05) is 94.8 Å². The minimum Gasteiger partial charge on any atom is -0.508 e. The molecule has 13 atom stereocenters. The Morgan fingerprint density at radius 2 is 0.992 bits per heavy atom. The molecular formula is C96H120N16O19S2. The van der Waals surface area contributed by atoms with E-state index in [-0.39, 0.29) is 112 Å². The summed E-state index contributed by atoms with van der Waals surface area (Å²) in [6, 6.07) is 25.7. The van der Waals surface area contributed by atoms with Gasteiger partial charge >= 0.3 is 0 Å². The second-order valence-corrected chi connectivity index (χ2v) is 36.4. The van der Waals surface area contributed by atoms with E-state index >= 15 is 47.9 Å². The first-order valence-electron chi connectivity index (χ1n) is 44.5. The van der Waals surface area contributed by atoms with Crippen LogP contribution < -0.4 is 53.6 Å². The molecule has 37 heteroatoms. The first kappa shape index (κ1) is 102. The number of thioether (sulfide) groups is 2. The summed E-state index contributed by atoms with van der Waals surface area (Å²) in [6.07, 6.45) is 1.70. The molecule has 3 aliphatic rings. The Morgan fingerprint density at radius 1 is 0.496 bits per heavy atom. The smallest absolute Gasteiger partial charge is 0.293 e. The van der Waals surface area contributed by atoms with Crippen LogP contribution in [0.15, 0.2) is 170 Å². The number of aromatic amines is 1. The summed E-state index contributed by atoms with van der Waals surface area (Å²) in [5.74, 6) is -15.0. The summed E-state index contributed by atoms with van der Waals surface area (Å²) < 4.78 is 5.15. The minimum absolute atomic E-state index is 0.0139. The highest BCUT2D eigenvalue weighted by atomic mass is 32.2. The summed E-state index contributed by atoms with van der Waals surface area (Å²) in [6.45, 7) is 7.19. The van der Waals surface area contributed by atoms with Gasteiger partial charge in [-0.3, -0.25) is 76.7 Å². The lowest BCUT2D eigenvalue weighted by atomic mass is 9.98. The molecule has 14 N–H and O–H groups in total. The maximum absolute atomic E-state index is 15.8. The molecule has 3 saturated heterocycles. The summed E-state index contributed by atoms with van der Waals surface area (Å²) >= 11 is 2.05. The fourth-order valence-electron chi connectivity index (χ4n) is 16.4. The van der Waals surface area contributed by atoms with Crippen LogP contribution in [0.4, 0.5) is 0 Å². The Labute approximate surface area is 780 Å². The first-order chi connectivity index (χ1) is 63.7. The number of nitrogens with two attached hydrogens (primary N) is 1. The Hall–Kier alpha value is -13.3. The Morgan fingerprint density at radius 3 is 1.58 bits per heavy atom. The second kappa shape index (κ2) is 49.2. The van der Waals surface area contributed by atoms with Crippen LogP contribution in [-0.4, -0.2) is 277 Å². The average Bonchev–Trinajstić information content (AvgIpc) is 1.77. The largest absolute Gasteiger partial charge is 0.508 e. The van der Waals surface area contributed by atoms with Gasteiger partial charge < -0.3 is 98.0 Å². The van der Waals surface area contributed by atoms with Gasteiger partial charge in [-0.05, 0) is 101 Å². The standard InChI is InChI=1S/C96H120N16O19S2/c1-9-10-31-77-95(129)112-55-133-53-80(112)91(125)105-74(51-131-56-113)88(122)107-83(58(4)5)96(130)109(7)78(46-60-25-16-12-17-26-60)90(124)104-73(45-63-35-39-66(115)40-36-63)93(127)111-41-22-32-76(111)89(123)103-71(48-64-49-98-68-30-21-20-29-67(64)68)87(121)102-70(43-62-33-37-65(114)38-34-62)86(120)101-69(42-57(2)3)85(119)106-75(84(118)99-50-81(97)116)52-132-54-82(117)100-72(44-59-23-14-11-15-24-59)92(126)110(8)79(94(128)108(77)6)47-61-27-18-13-19-28-61/h11-21,23-30,33-40,49,56-58,69-80,83,98,114-115H,9-10,22,31-32,41-48,50-55H2,1-8H3,(H2,97,116)(H,99,118)(H,100,117)(H,101,120)(H,102,121)(H,103,123)(H,104,124)(H,105,125)(H,106,119)(H,107,122)/t69-,70-,71-,72-,73-,74-,75-,76+,77-,78-,79-,80+,83-/m0/s1. The highest BCUT2D eigenvalue weighted by Gasteiger charge is 2.46.